The van der Waals surface area contributed by atoms with Crippen LogP contribution in [-0.2, 0) is 0 Å². The molecule has 7 heteroatoms. The van der Waals surface area contributed by atoms with Crippen LogP contribution in [0, 0.1) is 27.7 Å². The summed E-state index contributed by atoms with van der Waals surface area (Å²) in [6.45, 7) is 7.82. The molecule has 0 N–H and O–H groups in total. The maximum Gasteiger partial charge on any atom is 0.277 e. The molecule has 3 aromatic rings. The van der Waals surface area contributed by atoms with Crippen LogP contribution in [0.4, 0.5) is 0 Å². The Morgan fingerprint density at radius 2 is 2.00 bits per heavy atom. The lowest BCUT2D eigenvalue weighted by molar-refractivity contribution is 0.102. The number of ketones is 1. The first-order valence-corrected chi connectivity index (χ1v) is 9.25. The third kappa shape index (κ3) is 3.57. The van der Waals surface area contributed by atoms with Crippen LogP contribution in [0.2, 0.25) is 0 Å². The first-order chi connectivity index (χ1) is 11.4. The van der Waals surface area contributed by atoms with Crippen molar-refractivity contribution in [1.29, 1.82) is 0 Å². The Morgan fingerprint density at radius 3 is 2.67 bits per heavy atom. The number of carbonyl (C=O) groups excluding carboxylic acids is 1. The van der Waals surface area contributed by atoms with E-state index in [1.54, 1.807) is 0 Å². The Kier molecular flexibility index (Phi) is 4.82. The van der Waals surface area contributed by atoms with Gasteiger partial charge in [0.25, 0.3) is 11.1 Å². The zero-order valence-electron chi connectivity index (χ0n) is 13.9. The van der Waals surface area contributed by atoms with Gasteiger partial charge in [0.2, 0.25) is 0 Å². The standard InChI is InChI=1S/C17H17N3O2S2/c1-9-5-6-13(10(2)7-9)14(21)8-23-17-20-19-16(22-17)15-11(3)18-12(4)24-15/h5-7H,8H2,1-4H3. The largest absolute Gasteiger partial charge is 0.410 e. The molecule has 0 aliphatic heterocycles. The molecule has 0 atom stereocenters. The minimum atomic E-state index is 0.0575. The lowest BCUT2D eigenvalue weighted by Crippen LogP contribution is -2.04. The van der Waals surface area contributed by atoms with Gasteiger partial charge in [0.05, 0.1) is 16.5 Å². The molecule has 24 heavy (non-hydrogen) atoms. The van der Waals surface area contributed by atoms with Gasteiger partial charge in [-0.15, -0.1) is 21.5 Å². The van der Waals surface area contributed by atoms with E-state index in [1.807, 2.05) is 45.9 Å². The quantitative estimate of drug-likeness (QED) is 0.497. The summed E-state index contributed by atoms with van der Waals surface area (Å²) in [6.07, 6.45) is 0. The molecule has 0 saturated carbocycles. The fourth-order valence-corrected chi connectivity index (χ4v) is 3.91. The highest BCUT2D eigenvalue weighted by Crippen LogP contribution is 2.30. The summed E-state index contributed by atoms with van der Waals surface area (Å²) in [5.41, 5.74) is 3.75. The van der Waals surface area contributed by atoms with E-state index in [1.165, 1.54) is 23.1 Å². The summed E-state index contributed by atoms with van der Waals surface area (Å²) in [4.78, 5) is 17.6. The first kappa shape index (κ1) is 16.9. The van der Waals surface area contributed by atoms with E-state index in [4.69, 9.17) is 4.42 Å². The van der Waals surface area contributed by atoms with Gasteiger partial charge >= 0.3 is 0 Å². The third-order valence-corrected chi connectivity index (χ3v) is 5.39. The Labute approximate surface area is 148 Å². The second kappa shape index (κ2) is 6.86. The second-order valence-electron chi connectivity index (χ2n) is 5.55. The zero-order chi connectivity index (χ0) is 17.3. The summed E-state index contributed by atoms with van der Waals surface area (Å²) in [7, 11) is 0. The second-order valence-corrected chi connectivity index (χ2v) is 7.68. The van der Waals surface area contributed by atoms with Crippen LogP contribution in [-0.4, -0.2) is 26.7 Å². The third-order valence-electron chi connectivity index (χ3n) is 3.51. The van der Waals surface area contributed by atoms with Gasteiger partial charge in [-0.2, -0.15) is 0 Å². The molecule has 0 saturated heterocycles. The van der Waals surface area contributed by atoms with Crippen molar-refractivity contribution < 1.29 is 9.21 Å². The molecular weight excluding hydrogens is 342 g/mol. The van der Waals surface area contributed by atoms with E-state index in [-0.39, 0.29) is 11.5 Å². The van der Waals surface area contributed by atoms with Crippen molar-refractivity contribution in [3.05, 3.63) is 45.6 Å². The van der Waals surface area contributed by atoms with E-state index in [9.17, 15) is 4.79 Å². The van der Waals surface area contributed by atoms with E-state index in [0.717, 1.165) is 32.3 Å². The molecule has 0 spiro atoms. The van der Waals surface area contributed by atoms with Crippen LogP contribution in [0.1, 0.15) is 32.2 Å². The first-order valence-electron chi connectivity index (χ1n) is 7.45. The minimum Gasteiger partial charge on any atom is -0.410 e. The van der Waals surface area contributed by atoms with Gasteiger partial charge in [-0.05, 0) is 33.3 Å². The molecule has 2 heterocycles. The predicted molar refractivity (Wildman–Crippen MR) is 95.9 cm³/mol. The molecule has 0 aliphatic rings. The zero-order valence-corrected chi connectivity index (χ0v) is 15.5. The molecule has 5 nitrogen and oxygen atoms in total. The van der Waals surface area contributed by atoms with Crippen LogP contribution in [0.3, 0.4) is 0 Å². The van der Waals surface area contributed by atoms with Crippen molar-refractivity contribution in [3.63, 3.8) is 0 Å². The topological polar surface area (TPSA) is 68.9 Å². The van der Waals surface area contributed by atoms with Crippen molar-refractivity contribution in [3.8, 4) is 10.8 Å². The number of aryl methyl sites for hydroxylation is 4. The number of thioether (sulfide) groups is 1. The van der Waals surface area contributed by atoms with E-state index in [0.29, 0.717) is 11.1 Å². The van der Waals surface area contributed by atoms with Gasteiger partial charge < -0.3 is 4.42 Å². The molecular formula is C17H17N3O2S2. The Morgan fingerprint density at radius 1 is 1.21 bits per heavy atom. The number of aromatic nitrogens is 3. The average molecular weight is 359 g/mol. The summed E-state index contributed by atoms with van der Waals surface area (Å²) in [5, 5.41) is 9.44. The number of thiazole rings is 1. The van der Waals surface area contributed by atoms with Gasteiger partial charge in [-0.25, -0.2) is 4.98 Å². The van der Waals surface area contributed by atoms with Crippen molar-refractivity contribution in [1.82, 2.24) is 15.2 Å². The van der Waals surface area contributed by atoms with Crippen LogP contribution in [0.15, 0.2) is 27.8 Å². The van der Waals surface area contributed by atoms with Crippen molar-refractivity contribution in [2.75, 3.05) is 5.75 Å². The summed E-state index contributed by atoms with van der Waals surface area (Å²) in [6, 6.07) is 5.83. The van der Waals surface area contributed by atoms with Crippen LogP contribution in [0.5, 0.6) is 0 Å². The van der Waals surface area contributed by atoms with E-state index >= 15 is 0 Å². The monoisotopic (exact) mass is 359 g/mol. The molecule has 0 aliphatic carbocycles. The molecule has 0 unspecified atom stereocenters. The van der Waals surface area contributed by atoms with E-state index < -0.39 is 0 Å². The molecule has 0 radical (unpaired) electrons. The lowest BCUT2D eigenvalue weighted by Gasteiger charge is -2.04. The van der Waals surface area contributed by atoms with Crippen LogP contribution < -0.4 is 0 Å². The number of benzene rings is 1. The molecule has 0 amide bonds. The molecule has 0 bridgehead atoms. The number of hydrogen-bond acceptors (Lipinski definition) is 7. The average Bonchev–Trinajstić information content (AvgIpc) is 3.11. The number of hydrogen-bond donors (Lipinski definition) is 0. The van der Waals surface area contributed by atoms with Gasteiger partial charge in [0.1, 0.15) is 4.88 Å². The maximum absolute atomic E-state index is 12.4. The summed E-state index contributed by atoms with van der Waals surface area (Å²) in [5.74, 6) is 0.785. The highest BCUT2D eigenvalue weighted by molar-refractivity contribution is 7.99. The number of nitrogens with zero attached hydrogens (tertiary/aromatic N) is 3. The molecule has 3 rings (SSSR count). The van der Waals surface area contributed by atoms with Crippen molar-refractivity contribution in [2.24, 2.45) is 0 Å². The van der Waals surface area contributed by atoms with Gasteiger partial charge in [0, 0.05) is 5.56 Å². The smallest absolute Gasteiger partial charge is 0.277 e. The normalized spacial score (nSPS) is 11.0. The molecule has 0 fully saturated rings. The SMILES string of the molecule is Cc1ccc(C(=O)CSc2nnc(-c3sc(C)nc3C)o2)c(C)c1. The van der Waals surface area contributed by atoms with Crippen LogP contribution in [0.25, 0.3) is 10.8 Å². The molecule has 124 valence electrons. The van der Waals surface area contributed by atoms with Gasteiger partial charge in [0.15, 0.2) is 5.78 Å². The number of carbonyl (C=O) groups is 1. The van der Waals surface area contributed by atoms with Crippen molar-refractivity contribution in [2.45, 2.75) is 32.9 Å². The highest BCUT2D eigenvalue weighted by atomic mass is 32.2. The Bertz CT molecular complexity index is 899. The predicted octanol–water partition coefficient (Wildman–Crippen LogP) is 4.40. The fraction of sp³-hybridized carbons (Fsp3) is 0.294. The molecule has 1 aromatic carbocycles. The Balaban J connectivity index is 1.69. The molecule has 2 aromatic heterocycles. The van der Waals surface area contributed by atoms with Gasteiger partial charge in [-0.1, -0.05) is 35.5 Å². The number of rotatable bonds is 5. The Hall–Kier alpha value is -1.99. The summed E-state index contributed by atoms with van der Waals surface area (Å²) < 4.78 is 5.66. The van der Waals surface area contributed by atoms with Crippen LogP contribution >= 0.6 is 23.1 Å². The van der Waals surface area contributed by atoms with Gasteiger partial charge in [-0.3, -0.25) is 4.79 Å². The highest BCUT2D eigenvalue weighted by Gasteiger charge is 2.17. The fourth-order valence-electron chi connectivity index (χ4n) is 2.42. The van der Waals surface area contributed by atoms with E-state index in [2.05, 4.69) is 15.2 Å². The van der Waals surface area contributed by atoms with Crippen molar-refractivity contribution >= 4 is 28.9 Å². The number of Topliss-reactive ketones (excluding diaryl/α,β-unsaturated/α-hetero) is 1. The maximum atomic E-state index is 12.4. The minimum absolute atomic E-state index is 0.0575. The summed E-state index contributed by atoms with van der Waals surface area (Å²) >= 11 is 2.78. The lowest BCUT2D eigenvalue weighted by atomic mass is 10.0.